The first-order valence-electron chi connectivity index (χ1n) is 11.9. The van der Waals surface area contributed by atoms with E-state index < -0.39 is 5.92 Å². The van der Waals surface area contributed by atoms with Gasteiger partial charge in [-0.2, -0.15) is 0 Å². The molecule has 176 valence electrons. The van der Waals surface area contributed by atoms with Crippen molar-refractivity contribution in [1.29, 1.82) is 0 Å². The van der Waals surface area contributed by atoms with Gasteiger partial charge in [-0.25, -0.2) is 0 Å². The fourth-order valence-electron chi connectivity index (χ4n) is 4.95. The second-order valence-electron chi connectivity index (χ2n) is 9.46. The first kappa shape index (κ1) is 21.5. The molecule has 0 saturated carbocycles. The van der Waals surface area contributed by atoms with Gasteiger partial charge in [-0.15, -0.1) is 0 Å². The van der Waals surface area contributed by atoms with E-state index in [-0.39, 0.29) is 35.6 Å². The molecule has 3 aliphatic heterocycles. The lowest BCUT2D eigenvalue weighted by molar-refractivity contribution is 0.392. The van der Waals surface area contributed by atoms with Crippen LogP contribution in [0.1, 0.15) is 39.3 Å². The van der Waals surface area contributed by atoms with E-state index in [0.29, 0.717) is 29.7 Å². The highest BCUT2D eigenvalue weighted by Gasteiger charge is 2.35. The van der Waals surface area contributed by atoms with Crippen LogP contribution in [-0.2, 0) is 33.5 Å². The molecular formula is C28H28O6. The van der Waals surface area contributed by atoms with E-state index in [1.165, 1.54) is 0 Å². The molecule has 3 unspecified atom stereocenters. The average Bonchev–Trinajstić information content (AvgIpc) is 3.66. The predicted octanol–water partition coefficient (Wildman–Crippen LogP) is 3.81. The molecule has 0 bridgehead atoms. The molecular weight excluding hydrogens is 432 g/mol. The molecule has 3 saturated heterocycles. The zero-order valence-corrected chi connectivity index (χ0v) is 18.8. The number of rotatable bonds is 9. The van der Waals surface area contributed by atoms with Gasteiger partial charge in [0.25, 0.3) is 0 Å². The zero-order valence-electron chi connectivity index (χ0n) is 18.8. The van der Waals surface area contributed by atoms with E-state index in [1.807, 2.05) is 30.3 Å². The van der Waals surface area contributed by atoms with Crippen LogP contribution >= 0.6 is 0 Å². The maximum atomic E-state index is 11.7. The van der Waals surface area contributed by atoms with Crippen LogP contribution in [0.2, 0.25) is 0 Å². The molecule has 3 N–H and O–H groups in total. The molecule has 0 spiro atoms. The number of epoxide rings is 3. The Balaban J connectivity index is 1.57. The minimum Gasteiger partial charge on any atom is -0.508 e. The van der Waals surface area contributed by atoms with Crippen molar-refractivity contribution in [2.24, 2.45) is 0 Å². The van der Waals surface area contributed by atoms with Gasteiger partial charge in [0.05, 0.1) is 38.1 Å². The number of hydrogen-bond donors (Lipinski definition) is 3. The minimum absolute atomic E-state index is 0.0961. The molecule has 34 heavy (non-hydrogen) atoms. The summed E-state index contributed by atoms with van der Waals surface area (Å²) >= 11 is 0. The predicted molar refractivity (Wildman–Crippen MR) is 126 cm³/mol. The van der Waals surface area contributed by atoms with Crippen molar-refractivity contribution in [3.05, 3.63) is 88.0 Å². The summed E-state index contributed by atoms with van der Waals surface area (Å²) in [6.45, 7) is 2.16. The smallest absolute Gasteiger partial charge is 0.123 e. The highest BCUT2D eigenvalue weighted by molar-refractivity contribution is 5.60. The van der Waals surface area contributed by atoms with Crippen LogP contribution in [0.5, 0.6) is 17.2 Å². The third-order valence-electron chi connectivity index (χ3n) is 6.97. The van der Waals surface area contributed by atoms with E-state index >= 15 is 0 Å². The fraction of sp³-hybridized carbons (Fsp3) is 0.357. The van der Waals surface area contributed by atoms with Crippen molar-refractivity contribution in [2.45, 2.75) is 43.5 Å². The van der Waals surface area contributed by atoms with Gasteiger partial charge in [0.1, 0.15) is 17.2 Å². The summed E-state index contributed by atoms with van der Waals surface area (Å²) in [5.41, 5.74) is 5.02. The quantitative estimate of drug-likeness (QED) is 0.332. The van der Waals surface area contributed by atoms with Crippen molar-refractivity contribution in [2.75, 3.05) is 19.8 Å². The average molecular weight is 461 g/mol. The number of phenols is 3. The summed E-state index contributed by atoms with van der Waals surface area (Å²) in [4.78, 5) is 0. The monoisotopic (exact) mass is 460 g/mol. The standard InChI is InChI=1S/C28H28O6/c29-25-7-3-1-5-20(25)27(21-6-2-4-8-26(21)30)24-10-16(9-17-13-32-17)22(11-18-14-33-18)23(28(24)31)12-19-15-34-19/h1-8,10,17-19,27,29-31H,9,11-15H2. The fourth-order valence-corrected chi connectivity index (χ4v) is 4.95. The van der Waals surface area contributed by atoms with E-state index in [4.69, 9.17) is 14.2 Å². The van der Waals surface area contributed by atoms with Crippen molar-refractivity contribution in [3.63, 3.8) is 0 Å². The van der Waals surface area contributed by atoms with Gasteiger partial charge in [-0.3, -0.25) is 0 Å². The summed E-state index contributed by atoms with van der Waals surface area (Å²) in [6, 6.07) is 16.2. The van der Waals surface area contributed by atoms with Crippen molar-refractivity contribution in [3.8, 4) is 17.2 Å². The third-order valence-corrected chi connectivity index (χ3v) is 6.97. The van der Waals surface area contributed by atoms with Gasteiger partial charge in [0.15, 0.2) is 0 Å². The Morgan fingerprint density at radius 1 is 0.647 bits per heavy atom. The molecule has 3 aliphatic rings. The van der Waals surface area contributed by atoms with E-state index in [9.17, 15) is 15.3 Å². The lowest BCUT2D eigenvalue weighted by atomic mass is 9.79. The highest BCUT2D eigenvalue weighted by Crippen LogP contribution is 2.47. The first-order chi connectivity index (χ1) is 16.6. The number of aromatic hydroxyl groups is 3. The molecule has 3 heterocycles. The lowest BCUT2D eigenvalue weighted by Gasteiger charge is -2.26. The SMILES string of the molecule is Oc1ccccc1C(c1ccccc1O)c1cc(CC2CO2)c(CC2CO2)c(CC2CO2)c1O. The maximum absolute atomic E-state index is 11.7. The molecule has 3 fully saturated rings. The largest absolute Gasteiger partial charge is 0.508 e. The molecule has 6 nitrogen and oxygen atoms in total. The molecule has 0 aromatic heterocycles. The Kier molecular flexibility index (Phi) is 5.44. The van der Waals surface area contributed by atoms with Crippen LogP contribution in [0.4, 0.5) is 0 Å². The second kappa shape index (κ2) is 8.62. The number of benzene rings is 3. The van der Waals surface area contributed by atoms with Crippen LogP contribution in [0.3, 0.4) is 0 Å². The highest BCUT2D eigenvalue weighted by atomic mass is 16.6. The summed E-state index contributed by atoms with van der Waals surface area (Å²) in [7, 11) is 0. The number of phenolic OH excluding ortho intramolecular Hbond substituents is 3. The Morgan fingerprint density at radius 2 is 1.12 bits per heavy atom. The van der Waals surface area contributed by atoms with Crippen LogP contribution in [0.25, 0.3) is 0 Å². The van der Waals surface area contributed by atoms with E-state index in [0.717, 1.165) is 42.7 Å². The molecule has 6 heteroatoms. The molecule has 3 aromatic carbocycles. The lowest BCUT2D eigenvalue weighted by Crippen LogP contribution is -2.13. The summed E-state index contributed by atoms with van der Waals surface area (Å²) in [5, 5.41) is 33.3. The molecule has 6 rings (SSSR count). The van der Waals surface area contributed by atoms with Crippen LogP contribution in [0.15, 0.2) is 54.6 Å². The Hall–Kier alpha value is -3.06. The van der Waals surface area contributed by atoms with Crippen molar-refractivity contribution < 1.29 is 29.5 Å². The van der Waals surface area contributed by atoms with Gasteiger partial charge < -0.3 is 29.5 Å². The zero-order chi connectivity index (χ0) is 23.2. The topological polar surface area (TPSA) is 98.3 Å². The summed E-state index contributed by atoms with van der Waals surface area (Å²) in [5.74, 6) is -0.121. The van der Waals surface area contributed by atoms with Crippen LogP contribution in [-0.4, -0.2) is 53.5 Å². The van der Waals surface area contributed by atoms with Crippen LogP contribution < -0.4 is 0 Å². The maximum Gasteiger partial charge on any atom is 0.123 e. The second-order valence-corrected chi connectivity index (χ2v) is 9.46. The Bertz CT molecular complexity index is 1160. The summed E-state index contributed by atoms with van der Waals surface area (Å²) in [6.07, 6.45) is 2.57. The van der Waals surface area contributed by atoms with Crippen molar-refractivity contribution in [1.82, 2.24) is 0 Å². The molecule has 3 aromatic rings. The molecule has 0 aliphatic carbocycles. The Labute approximate surface area is 198 Å². The van der Waals surface area contributed by atoms with Crippen LogP contribution in [0, 0.1) is 0 Å². The van der Waals surface area contributed by atoms with Gasteiger partial charge >= 0.3 is 0 Å². The third kappa shape index (κ3) is 4.37. The van der Waals surface area contributed by atoms with Gasteiger partial charge in [0.2, 0.25) is 0 Å². The number of hydrogen-bond acceptors (Lipinski definition) is 6. The molecule has 0 amide bonds. The number of ether oxygens (including phenoxy) is 3. The summed E-state index contributed by atoms with van der Waals surface area (Å²) < 4.78 is 16.6. The van der Waals surface area contributed by atoms with Gasteiger partial charge in [0, 0.05) is 47.4 Å². The van der Waals surface area contributed by atoms with E-state index in [2.05, 4.69) is 0 Å². The van der Waals surface area contributed by atoms with E-state index in [1.54, 1.807) is 24.3 Å². The number of para-hydroxylation sites is 2. The normalized spacial score (nSPS) is 22.7. The van der Waals surface area contributed by atoms with Gasteiger partial charge in [-0.05, 0) is 23.3 Å². The van der Waals surface area contributed by atoms with Gasteiger partial charge in [-0.1, -0.05) is 42.5 Å². The first-order valence-corrected chi connectivity index (χ1v) is 11.9. The Morgan fingerprint density at radius 3 is 1.62 bits per heavy atom. The molecule has 3 atom stereocenters. The molecule has 0 radical (unpaired) electrons. The van der Waals surface area contributed by atoms with Crippen molar-refractivity contribution >= 4 is 0 Å². The minimum atomic E-state index is -0.550.